The number of nitrogens with one attached hydrogen (secondary N) is 1. The third-order valence-corrected chi connectivity index (χ3v) is 11.4. The fourth-order valence-corrected chi connectivity index (χ4v) is 9.43. The molecule has 2 unspecified atom stereocenters. The molecule has 0 spiro atoms. The Morgan fingerprint density at radius 1 is 0.527 bits per heavy atom. The highest BCUT2D eigenvalue weighted by molar-refractivity contribution is 6.38. The van der Waals surface area contributed by atoms with Crippen molar-refractivity contribution in [1.29, 1.82) is 0 Å². The average Bonchev–Trinajstić information content (AvgIpc) is 3.58. The molecule has 6 aromatic rings. The molecule has 55 heavy (non-hydrogen) atoms. The van der Waals surface area contributed by atoms with Gasteiger partial charge in [0.1, 0.15) is 11.1 Å². The molecule has 0 saturated carbocycles. The molecule has 11 heteroatoms. The van der Waals surface area contributed by atoms with E-state index in [1.165, 1.54) is 32.0 Å². The highest BCUT2D eigenvalue weighted by Crippen LogP contribution is 2.70. The Labute approximate surface area is 337 Å². The van der Waals surface area contributed by atoms with Gasteiger partial charge >= 0.3 is 0 Å². The molecule has 8 rings (SSSR count). The molecule has 2 atom stereocenters. The molecule has 7 nitrogen and oxygen atoms in total. The van der Waals surface area contributed by atoms with E-state index in [0.717, 1.165) is 0 Å². The minimum absolute atomic E-state index is 0.182. The summed E-state index contributed by atoms with van der Waals surface area (Å²) in [7, 11) is 0. The lowest BCUT2D eigenvalue weighted by Crippen LogP contribution is -2.62. The van der Waals surface area contributed by atoms with Crippen LogP contribution in [0.25, 0.3) is 0 Å². The Morgan fingerprint density at radius 3 is 1.49 bits per heavy atom. The molecule has 0 radical (unpaired) electrons. The smallest absolute Gasteiger partial charge is 0.257 e. The molecule has 6 aromatic carbocycles. The Hall–Kier alpha value is -5.44. The van der Waals surface area contributed by atoms with Crippen molar-refractivity contribution >= 4 is 87.0 Å². The van der Waals surface area contributed by atoms with Crippen molar-refractivity contribution in [3.63, 3.8) is 0 Å². The molecular weight excluding hydrogens is 776 g/mol. The molecular formula is C44H29Cl4N3O4. The second-order valence-corrected chi connectivity index (χ2v) is 15.0. The van der Waals surface area contributed by atoms with Crippen molar-refractivity contribution in [1.82, 2.24) is 0 Å². The fourth-order valence-electron chi connectivity index (χ4n) is 8.44. The number of amides is 3. The summed E-state index contributed by atoms with van der Waals surface area (Å²) in [5.74, 6) is -1.49. The molecule has 0 fully saturated rings. The maximum absolute atomic E-state index is 14.5. The number of ketones is 1. The number of hydrogen-bond acceptors (Lipinski definition) is 4. The monoisotopic (exact) mass is 803 g/mol. The number of fused-ring (bicyclic) bond motifs is 5. The summed E-state index contributed by atoms with van der Waals surface area (Å²) in [5, 5.41) is 4.09. The number of carbonyl (C=O) groups is 4. The summed E-state index contributed by atoms with van der Waals surface area (Å²) >= 11 is 25.1. The number of benzene rings is 6. The molecule has 2 aliphatic rings. The Balaban J connectivity index is 1.43. The average molecular weight is 806 g/mol. The first kappa shape index (κ1) is 36.5. The number of rotatable bonds is 6. The van der Waals surface area contributed by atoms with Crippen LogP contribution in [0.3, 0.4) is 0 Å². The Morgan fingerprint density at radius 2 is 1.00 bits per heavy atom. The Kier molecular flexibility index (Phi) is 9.10. The molecule has 0 bridgehead atoms. The van der Waals surface area contributed by atoms with Gasteiger partial charge in [-0.15, -0.1) is 0 Å². The second-order valence-electron chi connectivity index (χ2n) is 13.4. The van der Waals surface area contributed by atoms with Crippen LogP contribution in [0.1, 0.15) is 62.4 Å². The van der Waals surface area contributed by atoms with Crippen LogP contribution in [0, 0.1) is 0 Å². The summed E-state index contributed by atoms with van der Waals surface area (Å²) in [4.78, 5) is 60.0. The number of halogens is 4. The van der Waals surface area contributed by atoms with E-state index < -0.39 is 17.0 Å². The van der Waals surface area contributed by atoms with E-state index in [2.05, 4.69) is 5.32 Å². The predicted octanol–water partition coefficient (Wildman–Crippen LogP) is 10.7. The third kappa shape index (κ3) is 5.40. The predicted molar refractivity (Wildman–Crippen MR) is 218 cm³/mol. The summed E-state index contributed by atoms with van der Waals surface area (Å²) < 4.78 is 0. The number of anilines is 3. The van der Waals surface area contributed by atoms with Gasteiger partial charge in [0, 0.05) is 51.8 Å². The van der Waals surface area contributed by atoms with Crippen LogP contribution >= 0.6 is 46.4 Å². The van der Waals surface area contributed by atoms with E-state index in [1.807, 2.05) is 72.8 Å². The molecule has 0 aliphatic carbocycles. The quantitative estimate of drug-likeness (QED) is 0.170. The number of hydrogen-bond donors (Lipinski definition) is 1. The van der Waals surface area contributed by atoms with Crippen molar-refractivity contribution in [2.24, 2.45) is 0 Å². The molecule has 272 valence electrons. The van der Waals surface area contributed by atoms with Crippen LogP contribution in [-0.2, 0) is 20.7 Å². The standard InChI is InChI=1S/C44H29Cl4N3O4/c1-25(52)50-39-21-27(41(54)33-17-14-30(45)22-37(33)47)13-19-35(39)43(28-9-5-3-6-10-28)44(50,29-11-7-4-8-12-29)36-20-16-32(24-40(36)51(43)26(2)53)49-42(55)34-18-15-31(46)23-38(34)48/h3-24H,1-2H3,(H,49,55). The van der Waals surface area contributed by atoms with Crippen LogP contribution in [0.4, 0.5) is 17.1 Å². The van der Waals surface area contributed by atoms with Crippen molar-refractivity contribution < 1.29 is 19.2 Å². The number of nitrogens with zero attached hydrogens (tertiary/aromatic N) is 2. The van der Waals surface area contributed by atoms with Gasteiger partial charge in [0.15, 0.2) is 5.78 Å². The normalized spacial score (nSPS) is 18.0. The second kappa shape index (κ2) is 13.7. The van der Waals surface area contributed by atoms with Gasteiger partial charge in [-0.1, -0.05) is 125 Å². The third-order valence-electron chi connectivity index (χ3n) is 10.3. The van der Waals surface area contributed by atoms with E-state index in [0.29, 0.717) is 49.4 Å². The zero-order chi connectivity index (χ0) is 38.8. The SMILES string of the molecule is CC(=O)N1c2cc(NC(=O)c3ccc(Cl)cc3Cl)ccc2C2(c3ccccc3)N(C(C)=O)c3cc(C(=O)c4ccc(Cl)cc4Cl)ccc3C12c1ccccc1. The number of carbonyl (C=O) groups excluding carboxylic acids is 4. The van der Waals surface area contributed by atoms with Gasteiger partial charge < -0.3 is 5.32 Å². The van der Waals surface area contributed by atoms with E-state index in [-0.39, 0.29) is 44.3 Å². The first-order valence-electron chi connectivity index (χ1n) is 17.2. The molecule has 1 N–H and O–H groups in total. The van der Waals surface area contributed by atoms with E-state index >= 15 is 0 Å². The lowest BCUT2D eigenvalue weighted by molar-refractivity contribution is -0.119. The molecule has 2 aliphatic heterocycles. The van der Waals surface area contributed by atoms with E-state index in [4.69, 9.17) is 46.4 Å². The van der Waals surface area contributed by atoms with E-state index in [1.54, 1.807) is 52.3 Å². The van der Waals surface area contributed by atoms with Crippen LogP contribution in [-0.4, -0.2) is 23.5 Å². The van der Waals surface area contributed by atoms with Crippen LogP contribution in [0.5, 0.6) is 0 Å². The highest BCUT2D eigenvalue weighted by Gasteiger charge is 2.73. The lowest BCUT2D eigenvalue weighted by atomic mass is 9.65. The van der Waals surface area contributed by atoms with Gasteiger partial charge in [-0.25, -0.2) is 0 Å². The van der Waals surface area contributed by atoms with Gasteiger partial charge in [-0.3, -0.25) is 29.0 Å². The molecule has 0 aromatic heterocycles. The lowest BCUT2D eigenvalue weighted by Gasteiger charge is -2.49. The van der Waals surface area contributed by atoms with Gasteiger partial charge in [0.25, 0.3) is 5.91 Å². The van der Waals surface area contributed by atoms with Crippen molar-refractivity contribution in [3.8, 4) is 0 Å². The minimum Gasteiger partial charge on any atom is -0.322 e. The summed E-state index contributed by atoms with van der Waals surface area (Å²) in [6.45, 7) is 2.95. The van der Waals surface area contributed by atoms with Gasteiger partial charge in [0.2, 0.25) is 11.8 Å². The Bertz CT molecular complexity index is 2600. The van der Waals surface area contributed by atoms with Crippen molar-refractivity contribution in [2.45, 2.75) is 24.9 Å². The molecule has 2 heterocycles. The van der Waals surface area contributed by atoms with Crippen LogP contribution in [0.2, 0.25) is 20.1 Å². The topological polar surface area (TPSA) is 86.8 Å². The van der Waals surface area contributed by atoms with E-state index in [9.17, 15) is 19.2 Å². The largest absolute Gasteiger partial charge is 0.322 e. The van der Waals surface area contributed by atoms with Crippen molar-refractivity contribution in [3.05, 3.63) is 192 Å². The zero-order valence-corrected chi connectivity index (χ0v) is 32.3. The zero-order valence-electron chi connectivity index (χ0n) is 29.2. The van der Waals surface area contributed by atoms with Crippen molar-refractivity contribution in [2.75, 3.05) is 15.1 Å². The minimum atomic E-state index is -1.41. The molecule has 0 saturated heterocycles. The van der Waals surface area contributed by atoms with Crippen LogP contribution in [0.15, 0.2) is 133 Å². The highest BCUT2D eigenvalue weighted by atomic mass is 35.5. The fraction of sp³-hybridized carbons (Fsp3) is 0.0909. The maximum atomic E-state index is 14.5. The summed E-state index contributed by atoms with van der Waals surface area (Å²) in [6.07, 6.45) is 0. The first-order chi connectivity index (χ1) is 26.4. The van der Waals surface area contributed by atoms with Gasteiger partial charge in [0.05, 0.1) is 27.0 Å². The van der Waals surface area contributed by atoms with Gasteiger partial charge in [-0.2, -0.15) is 0 Å². The maximum Gasteiger partial charge on any atom is 0.257 e. The van der Waals surface area contributed by atoms with Gasteiger partial charge in [-0.05, 0) is 65.7 Å². The molecule has 3 amide bonds. The first-order valence-corrected chi connectivity index (χ1v) is 18.7. The summed E-state index contributed by atoms with van der Waals surface area (Å²) in [6, 6.07) is 38.9. The summed E-state index contributed by atoms with van der Waals surface area (Å²) in [5.41, 5.74) is 1.92. The van der Waals surface area contributed by atoms with Crippen LogP contribution < -0.4 is 15.1 Å².